The second-order valence-electron chi connectivity index (χ2n) is 8.71. The lowest BCUT2D eigenvalue weighted by molar-refractivity contribution is -0.142. The molecule has 0 saturated heterocycles. The Kier molecular flexibility index (Phi) is 10.2. The summed E-state index contributed by atoms with van der Waals surface area (Å²) in [7, 11) is 1.56. The fraction of sp³-hybridized carbons (Fsp3) is 0.286. The van der Waals surface area contributed by atoms with Crippen molar-refractivity contribution in [1.29, 1.82) is 0 Å². The van der Waals surface area contributed by atoms with E-state index in [4.69, 9.17) is 27.9 Å². The first-order valence-electron chi connectivity index (χ1n) is 11.6. The van der Waals surface area contributed by atoms with E-state index in [9.17, 15) is 9.59 Å². The largest absolute Gasteiger partial charge is 0.483 e. The van der Waals surface area contributed by atoms with Crippen LogP contribution in [0.2, 0.25) is 10.0 Å². The lowest BCUT2D eigenvalue weighted by atomic mass is 10.0. The topological polar surface area (TPSA) is 58.6 Å². The number of benzene rings is 3. The minimum absolute atomic E-state index is 0.122. The highest BCUT2D eigenvalue weighted by atomic mass is 79.9. The zero-order valence-corrected chi connectivity index (χ0v) is 23.5. The van der Waals surface area contributed by atoms with Gasteiger partial charge in [-0.15, -0.1) is 0 Å². The standard InChI is InChI=1S/C28H29BrCl2N2O3/c1-18(2)20-10-12-26(23(29)14-20)36-17-27(34)33(16-21-9-11-22(30)15-24(21)31)25(28(35)32-3)13-19-7-5-4-6-8-19/h4-12,14-15,18,25H,13,16-17H2,1-3H3,(H,32,35)/t25-/m1/s1. The SMILES string of the molecule is CNC(=O)[C@@H](Cc1ccccc1)N(Cc1ccc(Cl)cc1Cl)C(=O)COc1ccc(C(C)C)cc1Br. The average molecular weight is 592 g/mol. The molecule has 190 valence electrons. The zero-order chi connectivity index (χ0) is 26.2. The number of nitrogens with one attached hydrogen (secondary N) is 1. The second kappa shape index (κ2) is 13.1. The molecule has 2 amide bonds. The maximum Gasteiger partial charge on any atom is 0.261 e. The third kappa shape index (κ3) is 7.48. The third-order valence-corrected chi connectivity index (χ3v) is 7.05. The molecule has 3 aromatic rings. The van der Waals surface area contributed by atoms with Gasteiger partial charge in [0.1, 0.15) is 11.8 Å². The highest BCUT2D eigenvalue weighted by molar-refractivity contribution is 9.10. The number of likely N-dealkylation sites (N-methyl/N-ethyl adjacent to an activating group) is 1. The number of carbonyl (C=O) groups is 2. The zero-order valence-electron chi connectivity index (χ0n) is 20.4. The van der Waals surface area contributed by atoms with Crippen LogP contribution in [-0.2, 0) is 22.6 Å². The summed E-state index contributed by atoms with van der Waals surface area (Å²) in [5.41, 5.74) is 2.76. The van der Waals surface area contributed by atoms with E-state index in [0.717, 1.165) is 15.6 Å². The van der Waals surface area contributed by atoms with Crippen LogP contribution in [0.15, 0.2) is 71.2 Å². The van der Waals surface area contributed by atoms with Crippen molar-refractivity contribution in [2.45, 2.75) is 38.8 Å². The van der Waals surface area contributed by atoms with Crippen molar-refractivity contribution in [1.82, 2.24) is 10.2 Å². The number of carbonyl (C=O) groups excluding carboxylic acids is 2. The molecular formula is C28H29BrCl2N2O3. The van der Waals surface area contributed by atoms with Gasteiger partial charge in [0.05, 0.1) is 4.47 Å². The molecule has 3 rings (SSSR count). The molecule has 36 heavy (non-hydrogen) atoms. The predicted octanol–water partition coefficient (Wildman–Crippen LogP) is 6.64. The van der Waals surface area contributed by atoms with Crippen molar-refractivity contribution in [2.24, 2.45) is 0 Å². The van der Waals surface area contributed by atoms with Crippen LogP contribution < -0.4 is 10.1 Å². The van der Waals surface area contributed by atoms with E-state index in [-0.39, 0.29) is 25.0 Å². The molecule has 1 atom stereocenters. The number of halogens is 3. The first kappa shape index (κ1) is 28.0. The summed E-state index contributed by atoms with van der Waals surface area (Å²) >= 11 is 16.0. The number of amides is 2. The molecule has 5 nitrogen and oxygen atoms in total. The molecule has 0 saturated carbocycles. The second-order valence-corrected chi connectivity index (χ2v) is 10.4. The molecule has 0 radical (unpaired) electrons. The van der Waals surface area contributed by atoms with Crippen molar-refractivity contribution in [2.75, 3.05) is 13.7 Å². The molecule has 0 fully saturated rings. The molecular weight excluding hydrogens is 563 g/mol. The van der Waals surface area contributed by atoms with Crippen LogP contribution in [0.25, 0.3) is 0 Å². The summed E-state index contributed by atoms with van der Waals surface area (Å²) in [5, 5.41) is 3.61. The van der Waals surface area contributed by atoms with Crippen LogP contribution in [0.1, 0.15) is 36.5 Å². The van der Waals surface area contributed by atoms with Gasteiger partial charge in [0.2, 0.25) is 5.91 Å². The highest BCUT2D eigenvalue weighted by Gasteiger charge is 2.30. The van der Waals surface area contributed by atoms with Gasteiger partial charge in [-0.3, -0.25) is 9.59 Å². The molecule has 0 spiro atoms. The number of ether oxygens (including phenoxy) is 1. The Bertz CT molecular complexity index is 1200. The van der Waals surface area contributed by atoms with Gasteiger partial charge in [-0.05, 0) is 62.8 Å². The van der Waals surface area contributed by atoms with Crippen molar-refractivity contribution >= 4 is 50.9 Å². The van der Waals surface area contributed by atoms with E-state index in [1.165, 1.54) is 4.90 Å². The molecule has 0 heterocycles. The van der Waals surface area contributed by atoms with Crippen molar-refractivity contribution < 1.29 is 14.3 Å². The Hall–Kier alpha value is -2.54. The highest BCUT2D eigenvalue weighted by Crippen LogP contribution is 2.29. The van der Waals surface area contributed by atoms with Crippen LogP contribution in [0.3, 0.4) is 0 Å². The van der Waals surface area contributed by atoms with Crippen LogP contribution >= 0.6 is 39.1 Å². The number of rotatable bonds is 10. The summed E-state index contributed by atoms with van der Waals surface area (Å²) in [6, 6.07) is 19.7. The van der Waals surface area contributed by atoms with Crippen molar-refractivity contribution in [3.05, 3.63) is 97.9 Å². The molecule has 1 N–H and O–H groups in total. The summed E-state index contributed by atoms with van der Waals surface area (Å²) in [6.07, 6.45) is 0.338. The lowest BCUT2D eigenvalue weighted by Gasteiger charge is -2.31. The van der Waals surface area contributed by atoms with Crippen LogP contribution in [0.5, 0.6) is 5.75 Å². The molecule has 0 bridgehead atoms. The molecule has 0 aromatic heterocycles. The summed E-state index contributed by atoms with van der Waals surface area (Å²) in [4.78, 5) is 28.1. The number of hydrogen-bond acceptors (Lipinski definition) is 3. The lowest BCUT2D eigenvalue weighted by Crippen LogP contribution is -2.51. The smallest absolute Gasteiger partial charge is 0.261 e. The molecule has 3 aromatic carbocycles. The van der Waals surface area contributed by atoms with E-state index >= 15 is 0 Å². The molecule has 0 aliphatic rings. The van der Waals surface area contributed by atoms with Gasteiger partial charge in [-0.25, -0.2) is 0 Å². The summed E-state index contributed by atoms with van der Waals surface area (Å²) in [6.45, 7) is 4.10. The van der Waals surface area contributed by atoms with E-state index < -0.39 is 6.04 Å². The van der Waals surface area contributed by atoms with Gasteiger partial charge in [0.15, 0.2) is 6.61 Å². The molecule has 0 unspecified atom stereocenters. The molecule has 0 aliphatic heterocycles. The first-order chi connectivity index (χ1) is 17.2. The maximum atomic E-state index is 13.6. The van der Waals surface area contributed by atoms with Gasteiger partial charge in [0, 0.05) is 30.1 Å². The average Bonchev–Trinajstić information content (AvgIpc) is 2.86. The Morgan fingerprint density at radius 2 is 1.75 bits per heavy atom. The first-order valence-corrected chi connectivity index (χ1v) is 13.2. The third-order valence-electron chi connectivity index (χ3n) is 5.85. The van der Waals surface area contributed by atoms with Crippen LogP contribution in [0.4, 0.5) is 0 Å². The van der Waals surface area contributed by atoms with E-state index in [0.29, 0.717) is 33.7 Å². The van der Waals surface area contributed by atoms with Gasteiger partial charge >= 0.3 is 0 Å². The summed E-state index contributed by atoms with van der Waals surface area (Å²) < 4.78 is 6.66. The Morgan fingerprint density at radius 3 is 2.36 bits per heavy atom. The number of nitrogens with zero attached hydrogens (tertiary/aromatic N) is 1. The predicted molar refractivity (Wildman–Crippen MR) is 149 cm³/mol. The molecule has 8 heteroatoms. The number of hydrogen-bond donors (Lipinski definition) is 1. The van der Waals surface area contributed by atoms with E-state index in [1.807, 2.05) is 48.5 Å². The van der Waals surface area contributed by atoms with E-state index in [2.05, 4.69) is 35.1 Å². The quantitative estimate of drug-likeness (QED) is 0.287. The minimum atomic E-state index is -0.771. The fourth-order valence-corrected chi connectivity index (χ4v) is 4.75. The summed E-state index contributed by atoms with van der Waals surface area (Å²) in [5.74, 6) is 0.296. The minimum Gasteiger partial charge on any atom is -0.483 e. The Morgan fingerprint density at radius 1 is 1.03 bits per heavy atom. The normalized spacial score (nSPS) is 11.8. The Labute approximate surface area is 230 Å². The van der Waals surface area contributed by atoms with Gasteiger partial charge in [-0.1, -0.05) is 79.5 Å². The van der Waals surface area contributed by atoms with Gasteiger partial charge in [0.25, 0.3) is 5.91 Å². The maximum absolute atomic E-state index is 13.6. The Balaban J connectivity index is 1.90. The van der Waals surface area contributed by atoms with Crippen molar-refractivity contribution in [3.63, 3.8) is 0 Å². The van der Waals surface area contributed by atoms with Crippen molar-refractivity contribution in [3.8, 4) is 5.75 Å². The van der Waals surface area contributed by atoms with Crippen LogP contribution in [-0.4, -0.2) is 36.4 Å². The van der Waals surface area contributed by atoms with Gasteiger partial charge in [-0.2, -0.15) is 0 Å². The monoisotopic (exact) mass is 590 g/mol. The molecule has 0 aliphatic carbocycles. The van der Waals surface area contributed by atoms with Crippen LogP contribution in [0, 0.1) is 0 Å². The van der Waals surface area contributed by atoms with Gasteiger partial charge < -0.3 is 15.0 Å². The fourth-order valence-electron chi connectivity index (χ4n) is 3.77. The van der Waals surface area contributed by atoms with E-state index in [1.54, 1.807) is 25.2 Å².